The summed E-state index contributed by atoms with van der Waals surface area (Å²) in [6, 6.07) is 6.37. The Kier molecular flexibility index (Phi) is 5.74. The van der Waals surface area contributed by atoms with Gasteiger partial charge >= 0.3 is 0 Å². The second-order valence-electron chi connectivity index (χ2n) is 6.82. The molecule has 8 heteroatoms. The average Bonchev–Trinajstić information content (AvgIpc) is 3.23. The van der Waals surface area contributed by atoms with Gasteiger partial charge in [-0.2, -0.15) is 4.31 Å². The van der Waals surface area contributed by atoms with Gasteiger partial charge in [-0.15, -0.1) is 0 Å². The minimum atomic E-state index is -3.63. The number of halogens is 1. The number of benzene rings is 1. The normalized spacial score (nSPS) is 21.3. The summed E-state index contributed by atoms with van der Waals surface area (Å²) in [6.07, 6.45) is 4.02. The number of rotatable bonds is 7. The third-order valence-corrected chi connectivity index (χ3v) is 6.54. The second kappa shape index (κ2) is 7.85. The van der Waals surface area contributed by atoms with Crippen LogP contribution in [0.25, 0.3) is 0 Å². The topological polar surface area (TPSA) is 67.2 Å². The summed E-state index contributed by atoms with van der Waals surface area (Å²) in [7, 11) is -1.89. The van der Waals surface area contributed by atoms with Crippen molar-refractivity contribution >= 4 is 10.0 Å². The largest absolute Gasteiger partial charge is 0.339 e. The number of hydrogen-bond acceptors (Lipinski definition) is 4. The summed E-state index contributed by atoms with van der Waals surface area (Å²) in [4.78, 5) is 4.01. The second-order valence-corrected chi connectivity index (χ2v) is 8.71. The maximum atomic E-state index is 13.3. The Morgan fingerprint density at radius 3 is 2.62 bits per heavy atom. The number of imidazole rings is 1. The van der Waals surface area contributed by atoms with E-state index >= 15 is 0 Å². The van der Waals surface area contributed by atoms with Crippen LogP contribution in [0.3, 0.4) is 0 Å². The van der Waals surface area contributed by atoms with Crippen molar-refractivity contribution in [1.82, 2.24) is 19.2 Å². The van der Waals surface area contributed by atoms with Gasteiger partial charge in [0.05, 0.1) is 6.33 Å². The minimum absolute atomic E-state index is 0.0263. The summed E-state index contributed by atoms with van der Waals surface area (Å²) in [5.41, 5.74) is 0.966. The van der Waals surface area contributed by atoms with E-state index in [-0.39, 0.29) is 22.7 Å². The Bertz CT molecular complexity index is 835. The molecule has 1 N–H and O–H groups in total. The molecule has 3 rings (SSSR count). The third kappa shape index (κ3) is 3.97. The minimum Gasteiger partial charge on any atom is -0.339 e. The van der Waals surface area contributed by atoms with Crippen molar-refractivity contribution in [3.8, 4) is 0 Å². The van der Waals surface area contributed by atoms with Crippen LogP contribution in [-0.2, 0) is 17.1 Å². The molecule has 0 aliphatic carbocycles. The smallest absolute Gasteiger partial charge is 0.262 e. The summed E-state index contributed by atoms with van der Waals surface area (Å²) >= 11 is 0. The van der Waals surface area contributed by atoms with Gasteiger partial charge in [-0.25, -0.2) is 17.8 Å². The van der Waals surface area contributed by atoms with Gasteiger partial charge in [-0.1, -0.05) is 19.1 Å². The number of hydrogen-bond donors (Lipinski definition) is 1. The van der Waals surface area contributed by atoms with E-state index in [4.69, 9.17) is 0 Å². The van der Waals surface area contributed by atoms with Crippen LogP contribution in [0.2, 0.25) is 0 Å². The van der Waals surface area contributed by atoms with Gasteiger partial charge in [0, 0.05) is 32.3 Å². The number of nitrogens with zero attached hydrogens (tertiary/aromatic N) is 3. The summed E-state index contributed by atoms with van der Waals surface area (Å²) in [5.74, 6) is -0.130. The Hall–Kier alpha value is -1.77. The van der Waals surface area contributed by atoms with Gasteiger partial charge in [0.25, 0.3) is 10.0 Å². The molecule has 2 aromatic rings. The van der Waals surface area contributed by atoms with E-state index in [2.05, 4.69) is 17.2 Å². The van der Waals surface area contributed by atoms with Crippen LogP contribution in [0, 0.1) is 11.7 Å². The first-order valence-electron chi connectivity index (χ1n) is 8.86. The monoisotopic (exact) mass is 380 g/mol. The molecule has 1 aliphatic rings. The molecule has 2 atom stereocenters. The Labute approximate surface area is 154 Å². The van der Waals surface area contributed by atoms with Crippen LogP contribution in [0.15, 0.2) is 41.8 Å². The van der Waals surface area contributed by atoms with E-state index in [0.717, 1.165) is 25.1 Å². The van der Waals surface area contributed by atoms with Crippen molar-refractivity contribution in [2.75, 3.05) is 26.2 Å². The fraction of sp³-hybridized carbons (Fsp3) is 0.500. The number of aromatic nitrogens is 2. The highest BCUT2D eigenvalue weighted by atomic mass is 32.2. The van der Waals surface area contributed by atoms with E-state index in [1.807, 2.05) is 0 Å². The average molecular weight is 380 g/mol. The maximum absolute atomic E-state index is 13.3. The van der Waals surface area contributed by atoms with Crippen LogP contribution >= 0.6 is 0 Å². The highest BCUT2D eigenvalue weighted by Gasteiger charge is 2.40. The lowest BCUT2D eigenvalue weighted by atomic mass is 9.89. The molecule has 0 saturated carbocycles. The Morgan fingerprint density at radius 1 is 1.27 bits per heavy atom. The molecule has 142 valence electrons. The lowest BCUT2D eigenvalue weighted by Crippen LogP contribution is -2.31. The van der Waals surface area contributed by atoms with Gasteiger partial charge in [0.1, 0.15) is 5.82 Å². The molecule has 0 amide bonds. The molecule has 1 aliphatic heterocycles. The lowest BCUT2D eigenvalue weighted by Gasteiger charge is -2.19. The zero-order chi connectivity index (χ0) is 18.7. The Morgan fingerprint density at radius 2 is 2.00 bits per heavy atom. The predicted octanol–water partition coefficient (Wildman–Crippen LogP) is 1.96. The van der Waals surface area contributed by atoms with Crippen molar-refractivity contribution < 1.29 is 12.8 Å². The molecule has 0 radical (unpaired) electrons. The number of aryl methyl sites for hydroxylation is 1. The number of sulfonamides is 1. The van der Waals surface area contributed by atoms with Gasteiger partial charge in [-0.3, -0.25) is 0 Å². The summed E-state index contributed by atoms with van der Waals surface area (Å²) in [6.45, 7) is 4.52. The zero-order valence-electron chi connectivity index (χ0n) is 15.1. The molecule has 0 spiro atoms. The maximum Gasteiger partial charge on any atom is 0.262 e. The van der Waals surface area contributed by atoms with E-state index in [1.54, 1.807) is 23.7 Å². The van der Waals surface area contributed by atoms with Gasteiger partial charge < -0.3 is 9.88 Å². The molecule has 1 fully saturated rings. The molecule has 1 aromatic carbocycles. The zero-order valence-corrected chi connectivity index (χ0v) is 15.9. The fourth-order valence-corrected chi connectivity index (χ4v) is 4.93. The fourth-order valence-electron chi connectivity index (χ4n) is 3.44. The SMILES string of the molecule is CCCNC[C@@H]1CN(S(=O)(=O)c2cn(C)cn2)C[C@H]1c1ccc(F)cc1. The quantitative estimate of drug-likeness (QED) is 0.746. The molecule has 1 aromatic heterocycles. The first-order valence-corrected chi connectivity index (χ1v) is 10.3. The molecular weight excluding hydrogens is 355 g/mol. The van der Waals surface area contributed by atoms with Crippen molar-refractivity contribution in [2.24, 2.45) is 13.0 Å². The summed E-state index contributed by atoms with van der Waals surface area (Å²) in [5, 5.41) is 3.46. The molecule has 2 heterocycles. The van der Waals surface area contributed by atoms with E-state index in [9.17, 15) is 12.8 Å². The first-order chi connectivity index (χ1) is 12.4. The van der Waals surface area contributed by atoms with Crippen molar-refractivity contribution in [3.05, 3.63) is 48.2 Å². The van der Waals surface area contributed by atoms with Crippen LogP contribution in [-0.4, -0.2) is 48.5 Å². The van der Waals surface area contributed by atoms with E-state index in [0.29, 0.717) is 13.1 Å². The Balaban J connectivity index is 1.84. The number of nitrogens with one attached hydrogen (secondary N) is 1. The standard InChI is InChI=1S/C18H25FN4O2S/c1-3-8-20-9-15-10-23(26(24,25)18-12-22(2)13-21-18)11-17(15)14-4-6-16(19)7-5-14/h4-7,12-13,15,17,20H,3,8-11H2,1-2H3/t15-,17+/m1/s1. The highest BCUT2D eigenvalue weighted by molar-refractivity contribution is 7.89. The molecule has 26 heavy (non-hydrogen) atoms. The van der Waals surface area contributed by atoms with Gasteiger partial charge in [0.2, 0.25) is 0 Å². The molecule has 6 nitrogen and oxygen atoms in total. The van der Waals surface area contributed by atoms with Crippen LogP contribution in [0.4, 0.5) is 4.39 Å². The summed E-state index contributed by atoms with van der Waals surface area (Å²) < 4.78 is 42.3. The van der Waals surface area contributed by atoms with Gasteiger partial charge in [-0.05, 0) is 43.1 Å². The van der Waals surface area contributed by atoms with Crippen LogP contribution in [0.5, 0.6) is 0 Å². The van der Waals surface area contributed by atoms with E-state index < -0.39 is 10.0 Å². The van der Waals surface area contributed by atoms with Gasteiger partial charge in [0.15, 0.2) is 5.03 Å². The lowest BCUT2D eigenvalue weighted by molar-refractivity contribution is 0.438. The van der Waals surface area contributed by atoms with Crippen LogP contribution < -0.4 is 5.32 Å². The highest BCUT2D eigenvalue weighted by Crippen LogP contribution is 2.35. The molecule has 1 saturated heterocycles. The van der Waals surface area contributed by atoms with Crippen molar-refractivity contribution in [1.29, 1.82) is 0 Å². The van der Waals surface area contributed by atoms with Crippen molar-refractivity contribution in [2.45, 2.75) is 24.3 Å². The molecular formula is C18H25FN4O2S. The van der Waals surface area contributed by atoms with E-state index in [1.165, 1.54) is 29.0 Å². The third-order valence-electron chi connectivity index (χ3n) is 4.82. The molecule has 0 unspecified atom stereocenters. The van der Waals surface area contributed by atoms with Crippen molar-refractivity contribution in [3.63, 3.8) is 0 Å². The van der Waals surface area contributed by atoms with Crippen LogP contribution in [0.1, 0.15) is 24.8 Å². The molecule has 0 bridgehead atoms. The first kappa shape index (κ1) is 19.0. The predicted molar refractivity (Wildman–Crippen MR) is 97.8 cm³/mol.